The summed E-state index contributed by atoms with van der Waals surface area (Å²) in [7, 11) is 3.20. The third-order valence-electron chi connectivity index (χ3n) is 4.08. The van der Waals surface area contributed by atoms with Gasteiger partial charge in [0.2, 0.25) is 11.8 Å². The second-order valence-corrected chi connectivity index (χ2v) is 5.94. The van der Waals surface area contributed by atoms with E-state index < -0.39 is 5.91 Å². The summed E-state index contributed by atoms with van der Waals surface area (Å²) in [5.41, 5.74) is 8.03. The van der Waals surface area contributed by atoms with Gasteiger partial charge in [0.25, 0.3) is 0 Å². The number of carbonyl (C=O) groups is 2. The molecule has 0 aromatic heterocycles. The van der Waals surface area contributed by atoms with Crippen molar-refractivity contribution in [2.24, 2.45) is 5.73 Å². The summed E-state index contributed by atoms with van der Waals surface area (Å²) >= 11 is 0. The van der Waals surface area contributed by atoms with E-state index in [4.69, 9.17) is 15.2 Å². The van der Waals surface area contributed by atoms with Crippen molar-refractivity contribution in [1.82, 2.24) is 0 Å². The first-order valence-electron chi connectivity index (χ1n) is 8.78. The molecule has 0 bridgehead atoms. The van der Waals surface area contributed by atoms with Crippen LogP contribution in [-0.4, -0.2) is 26.0 Å². The van der Waals surface area contributed by atoms with Crippen molar-refractivity contribution in [3.63, 3.8) is 0 Å². The van der Waals surface area contributed by atoms with Crippen molar-refractivity contribution in [3.8, 4) is 11.5 Å². The minimum atomic E-state index is -0.510. The Bertz CT molecular complexity index is 899. The number of amides is 2. The molecular formula is C22H24N2O4. The molecular weight excluding hydrogens is 356 g/mol. The number of primary amides is 1. The predicted molar refractivity (Wildman–Crippen MR) is 111 cm³/mol. The number of carbonyl (C=O) groups excluding carboxylic acids is 2. The van der Waals surface area contributed by atoms with Crippen LogP contribution in [0.1, 0.15) is 29.3 Å². The highest BCUT2D eigenvalue weighted by Crippen LogP contribution is 2.27. The summed E-state index contributed by atoms with van der Waals surface area (Å²) in [6, 6.07) is 12.0. The van der Waals surface area contributed by atoms with Gasteiger partial charge in [-0.2, -0.15) is 0 Å². The van der Waals surface area contributed by atoms with E-state index in [1.165, 1.54) is 6.08 Å². The van der Waals surface area contributed by atoms with Crippen molar-refractivity contribution in [3.05, 3.63) is 71.3 Å². The van der Waals surface area contributed by atoms with Gasteiger partial charge >= 0.3 is 0 Å². The molecule has 2 aromatic rings. The van der Waals surface area contributed by atoms with Crippen LogP contribution in [0, 0.1) is 0 Å². The maximum atomic E-state index is 12.2. The number of methoxy groups -OCH3 is 2. The summed E-state index contributed by atoms with van der Waals surface area (Å²) in [6.45, 7) is 2.01. The molecule has 2 amide bonds. The smallest absolute Gasteiger partial charge is 0.248 e. The first kappa shape index (κ1) is 20.8. The molecule has 28 heavy (non-hydrogen) atoms. The van der Waals surface area contributed by atoms with Crippen LogP contribution in [0.15, 0.2) is 60.2 Å². The van der Waals surface area contributed by atoms with E-state index in [2.05, 4.69) is 5.32 Å². The van der Waals surface area contributed by atoms with Crippen molar-refractivity contribution < 1.29 is 19.1 Å². The van der Waals surface area contributed by atoms with Gasteiger partial charge in [-0.05, 0) is 54.5 Å². The van der Waals surface area contributed by atoms with Crippen LogP contribution in [0.5, 0.6) is 11.5 Å². The Morgan fingerprint density at radius 2 is 1.75 bits per heavy atom. The lowest BCUT2D eigenvalue weighted by molar-refractivity contribution is -0.111. The molecule has 2 rings (SSSR count). The van der Waals surface area contributed by atoms with Gasteiger partial charge in [0.05, 0.1) is 14.2 Å². The Balaban J connectivity index is 2.10. The standard InChI is InChI=1S/C22H24N2O4/c1-4-15(13-17-8-11-19(27-2)14-20(17)28-3)5-12-21(25)24-18-9-6-16(7-10-18)22(23)26/h5-14H,4H2,1-3H3,(H2,23,26)(H,24,25)/b12-5+,15-13+. The van der Waals surface area contributed by atoms with Gasteiger partial charge in [-0.3, -0.25) is 9.59 Å². The van der Waals surface area contributed by atoms with Crippen LogP contribution in [-0.2, 0) is 4.79 Å². The van der Waals surface area contributed by atoms with Crippen LogP contribution in [0.4, 0.5) is 5.69 Å². The largest absolute Gasteiger partial charge is 0.497 e. The van der Waals surface area contributed by atoms with Gasteiger partial charge < -0.3 is 20.5 Å². The Labute approximate surface area is 164 Å². The minimum absolute atomic E-state index is 0.270. The zero-order valence-electron chi connectivity index (χ0n) is 16.2. The van der Waals surface area contributed by atoms with Gasteiger partial charge in [-0.1, -0.05) is 13.0 Å². The van der Waals surface area contributed by atoms with Gasteiger partial charge in [0.1, 0.15) is 11.5 Å². The summed E-state index contributed by atoms with van der Waals surface area (Å²) in [4.78, 5) is 23.2. The van der Waals surface area contributed by atoms with E-state index in [1.54, 1.807) is 44.6 Å². The molecule has 0 aliphatic rings. The highest BCUT2D eigenvalue weighted by Gasteiger charge is 2.05. The van der Waals surface area contributed by atoms with E-state index >= 15 is 0 Å². The highest BCUT2D eigenvalue weighted by atomic mass is 16.5. The topological polar surface area (TPSA) is 90.7 Å². The number of nitrogens with two attached hydrogens (primary N) is 1. The second-order valence-electron chi connectivity index (χ2n) is 5.94. The zero-order chi connectivity index (χ0) is 20.5. The van der Waals surface area contributed by atoms with Crippen LogP contribution in [0.3, 0.4) is 0 Å². The average Bonchev–Trinajstić information content (AvgIpc) is 2.71. The summed E-state index contributed by atoms with van der Waals surface area (Å²) < 4.78 is 10.6. The normalized spacial score (nSPS) is 11.3. The number of rotatable bonds is 8. The maximum Gasteiger partial charge on any atom is 0.248 e. The van der Waals surface area contributed by atoms with Crippen LogP contribution in [0.25, 0.3) is 6.08 Å². The van der Waals surface area contributed by atoms with Crippen molar-refractivity contribution >= 4 is 23.6 Å². The zero-order valence-corrected chi connectivity index (χ0v) is 16.2. The van der Waals surface area contributed by atoms with E-state index in [-0.39, 0.29) is 5.91 Å². The Morgan fingerprint density at radius 1 is 1.04 bits per heavy atom. The molecule has 6 nitrogen and oxygen atoms in total. The molecule has 0 aliphatic carbocycles. The SMILES string of the molecule is CCC(/C=C/C(=O)Nc1ccc(C(N)=O)cc1)=C\c1ccc(OC)cc1OC. The number of hydrogen-bond donors (Lipinski definition) is 2. The molecule has 0 spiro atoms. The van der Waals surface area contributed by atoms with Crippen LogP contribution in [0.2, 0.25) is 0 Å². The fourth-order valence-electron chi connectivity index (χ4n) is 2.49. The number of anilines is 1. The van der Waals surface area contributed by atoms with E-state index in [1.807, 2.05) is 31.2 Å². The molecule has 0 atom stereocenters. The first-order chi connectivity index (χ1) is 13.5. The number of nitrogens with one attached hydrogen (secondary N) is 1. The number of ether oxygens (including phenoxy) is 2. The van der Waals surface area contributed by atoms with Crippen molar-refractivity contribution in [2.75, 3.05) is 19.5 Å². The molecule has 0 heterocycles. The fourth-order valence-corrected chi connectivity index (χ4v) is 2.49. The molecule has 0 aliphatic heterocycles. The lowest BCUT2D eigenvalue weighted by atomic mass is 10.1. The molecule has 0 saturated carbocycles. The molecule has 3 N–H and O–H groups in total. The Morgan fingerprint density at radius 3 is 2.32 bits per heavy atom. The third kappa shape index (κ3) is 5.74. The summed E-state index contributed by atoms with van der Waals surface area (Å²) in [5.74, 6) is 0.624. The second kappa shape index (κ2) is 9.97. The summed E-state index contributed by atoms with van der Waals surface area (Å²) in [5, 5.41) is 2.74. The summed E-state index contributed by atoms with van der Waals surface area (Å²) in [6.07, 6.45) is 5.93. The van der Waals surface area contributed by atoms with E-state index in [0.29, 0.717) is 22.7 Å². The number of allylic oxidation sites excluding steroid dienone is 2. The van der Waals surface area contributed by atoms with Crippen molar-refractivity contribution in [1.29, 1.82) is 0 Å². The quantitative estimate of drug-likeness (QED) is 0.538. The van der Waals surface area contributed by atoms with Crippen LogP contribution < -0.4 is 20.5 Å². The molecule has 146 valence electrons. The molecule has 0 saturated heterocycles. The Kier molecular flexibility index (Phi) is 7.39. The highest BCUT2D eigenvalue weighted by molar-refractivity contribution is 6.00. The lowest BCUT2D eigenvalue weighted by Gasteiger charge is -2.08. The van der Waals surface area contributed by atoms with E-state index in [0.717, 1.165) is 17.6 Å². The predicted octanol–water partition coefficient (Wildman–Crippen LogP) is 3.79. The Hall–Kier alpha value is -3.54. The molecule has 0 fully saturated rings. The van der Waals surface area contributed by atoms with Crippen molar-refractivity contribution in [2.45, 2.75) is 13.3 Å². The molecule has 2 aromatic carbocycles. The average molecular weight is 380 g/mol. The first-order valence-corrected chi connectivity index (χ1v) is 8.78. The maximum absolute atomic E-state index is 12.2. The number of benzene rings is 2. The monoisotopic (exact) mass is 380 g/mol. The lowest BCUT2D eigenvalue weighted by Crippen LogP contribution is -2.11. The molecule has 0 radical (unpaired) electrons. The van der Waals surface area contributed by atoms with Gasteiger partial charge in [-0.15, -0.1) is 0 Å². The van der Waals surface area contributed by atoms with Gasteiger partial charge in [-0.25, -0.2) is 0 Å². The molecule has 0 unspecified atom stereocenters. The van der Waals surface area contributed by atoms with Gasteiger partial charge in [0, 0.05) is 29.0 Å². The molecule has 6 heteroatoms. The fraction of sp³-hybridized carbons (Fsp3) is 0.182. The minimum Gasteiger partial charge on any atom is -0.497 e. The van der Waals surface area contributed by atoms with Crippen LogP contribution >= 0.6 is 0 Å². The number of hydrogen-bond acceptors (Lipinski definition) is 4. The van der Waals surface area contributed by atoms with E-state index in [9.17, 15) is 9.59 Å². The third-order valence-corrected chi connectivity index (χ3v) is 4.08. The van der Waals surface area contributed by atoms with Gasteiger partial charge in [0.15, 0.2) is 0 Å².